The Morgan fingerprint density at radius 1 is 1.33 bits per heavy atom. The lowest BCUT2D eigenvalue weighted by atomic mass is 10.1. The van der Waals surface area contributed by atoms with Gasteiger partial charge in [0.25, 0.3) is 5.56 Å². The van der Waals surface area contributed by atoms with E-state index >= 15 is 0 Å². The number of nitrogens with one attached hydrogen (secondary N) is 1. The molecule has 0 spiro atoms. The highest BCUT2D eigenvalue weighted by molar-refractivity contribution is 5.87. The standard InChI is InChI=1S/C23H21FN4O2/c1-27-21-6-8-25-13-20(21)19-5-4-17(10-22(19)27)28-9-7-18(11-23(28)29)30-14-16-3-2-15(24)12-26-16/h2-5,7,9-12,25H,6,8,13-14H2,1H3/i1D3,8D2,14D2. The molecule has 0 saturated carbocycles. The second kappa shape index (κ2) is 7.42. The van der Waals surface area contributed by atoms with Crippen molar-refractivity contribution in [3.05, 3.63) is 88.0 Å². The summed E-state index contributed by atoms with van der Waals surface area (Å²) < 4.78 is 77.3. The molecule has 1 aromatic carbocycles. The fraction of sp³-hybridized carbons (Fsp3) is 0.217. The van der Waals surface area contributed by atoms with E-state index in [4.69, 9.17) is 14.3 Å². The van der Waals surface area contributed by atoms with Crippen molar-refractivity contribution >= 4 is 10.9 Å². The average Bonchev–Trinajstić information content (AvgIpc) is 3.11. The molecule has 0 atom stereocenters. The summed E-state index contributed by atoms with van der Waals surface area (Å²) in [6.07, 6.45) is 2.11. The number of nitrogens with zero attached hydrogens (tertiary/aromatic N) is 3. The van der Waals surface area contributed by atoms with E-state index in [1.165, 1.54) is 16.8 Å². The van der Waals surface area contributed by atoms with E-state index in [0.29, 0.717) is 27.8 Å². The van der Waals surface area contributed by atoms with Crippen LogP contribution in [0.2, 0.25) is 0 Å². The van der Waals surface area contributed by atoms with Crippen LogP contribution in [0.1, 0.15) is 26.5 Å². The van der Waals surface area contributed by atoms with Gasteiger partial charge < -0.3 is 14.6 Å². The van der Waals surface area contributed by atoms with Crippen LogP contribution in [0.25, 0.3) is 16.6 Å². The zero-order chi connectivity index (χ0) is 26.8. The van der Waals surface area contributed by atoms with Crippen molar-refractivity contribution in [3.8, 4) is 11.4 Å². The molecule has 3 aromatic heterocycles. The van der Waals surface area contributed by atoms with Gasteiger partial charge >= 0.3 is 0 Å². The summed E-state index contributed by atoms with van der Waals surface area (Å²) in [5, 5.41) is 3.42. The van der Waals surface area contributed by atoms with Crippen molar-refractivity contribution in [3.63, 3.8) is 0 Å². The minimum atomic E-state index is -2.57. The number of aryl methyl sites for hydroxylation is 1. The summed E-state index contributed by atoms with van der Waals surface area (Å²) in [5.41, 5.74) is 1.05. The van der Waals surface area contributed by atoms with E-state index in [0.717, 1.165) is 29.0 Å². The number of benzene rings is 1. The van der Waals surface area contributed by atoms with Gasteiger partial charge in [0.05, 0.1) is 25.8 Å². The number of rotatable bonds is 4. The number of pyridine rings is 2. The lowest BCUT2D eigenvalue weighted by molar-refractivity contribution is 0.300. The van der Waals surface area contributed by atoms with Gasteiger partial charge in [0.2, 0.25) is 0 Å². The monoisotopic (exact) mass is 411 g/mol. The normalized spacial score (nSPS) is 19.4. The zero-order valence-corrected chi connectivity index (χ0v) is 15.6. The molecule has 6 nitrogen and oxygen atoms in total. The van der Waals surface area contributed by atoms with E-state index < -0.39 is 31.4 Å². The first-order chi connectivity index (χ1) is 17.2. The highest BCUT2D eigenvalue weighted by Gasteiger charge is 2.18. The Morgan fingerprint density at radius 2 is 2.27 bits per heavy atom. The van der Waals surface area contributed by atoms with Crippen LogP contribution in [-0.2, 0) is 26.5 Å². The average molecular weight is 411 g/mol. The minimum absolute atomic E-state index is 0.0758. The first-order valence-electron chi connectivity index (χ1n) is 12.7. The predicted molar refractivity (Wildman–Crippen MR) is 112 cm³/mol. The molecule has 30 heavy (non-hydrogen) atoms. The van der Waals surface area contributed by atoms with Crippen LogP contribution in [-0.4, -0.2) is 20.6 Å². The van der Waals surface area contributed by atoms with Gasteiger partial charge in [-0.25, -0.2) is 4.39 Å². The van der Waals surface area contributed by atoms with E-state index in [9.17, 15) is 9.18 Å². The number of aromatic nitrogens is 3. The molecule has 0 radical (unpaired) electrons. The first kappa shape index (κ1) is 12.3. The van der Waals surface area contributed by atoms with Crippen molar-refractivity contribution < 1.29 is 18.7 Å². The van der Waals surface area contributed by atoms with Crippen LogP contribution in [0, 0.1) is 5.82 Å². The van der Waals surface area contributed by atoms with E-state index in [2.05, 4.69) is 10.3 Å². The van der Waals surface area contributed by atoms with Crippen molar-refractivity contribution in [2.75, 3.05) is 6.50 Å². The molecular formula is C23H21FN4O2. The zero-order valence-electron chi connectivity index (χ0n) is 22.6. The van der Waals surface area contributed by atoms with Crippen LogP contribution in [0.4, 0.5) is 4.39 Å². The highest BCUT2D eigenvalue weighted by atomic mass is 19.1. The van der Waals surface area contributed by atoms with Gasteiger partial charge in [0.15, 0.2) is 0 Å². The molecule has 0 amide bonds. The summed E-state index contributed by atoms with van der Waals surface area (Å²) in [5.74, 6) is -0.701. The maximum atomic E-state index is 13.1. The van der Waals surface area contributed by atoms with Crippen LogP contribution >= 0.6 is 0 Å². The lowest BCUT2D eigenvalue weighted by Crippen LogP contribution is -2.24. The van der Waals surface area contributed by atoms with Crippen molar-refractivity contribution in [1.82, 2.24) is 19.4 Å². The van der Waals surface area contributed by atoms with Crippen LogP contribution in [0.3, 0.4) is 0 Å². The number of hydrogen-bond acceptors (Lipinski definition) is 4. The topological polar surface area (TPSA) is 61.1 Å². The molecule has 4 aromatic rings. The van der Waals surface area contributed by atoms with E-state index in [1.807, 2.05) is 0 Å². The van der Waals surface area contributed by atoms with Gasteiger partial charge in [-0.1, -0.05) is 6.07 Å². The van der Waals surface area contributed by atoms with Gasteiger partial charge in [-0.05, 0) is 35.9 Å². The van der Waals surface area contributed by atoms with Gasteiger partial charge in [-0.3, -0.25) is 14.3 Å². The van der Waals surface area contributed by atoms with Crippen molar-refractivity contribution in [2.24, 2.45) is 6.98 Å². The number of ether oxygens (including phenoxy) is 1. The molecule has 1 aliphatic heterocycles. The minimum Gasteiger partial charge on any atom is -0.487 e. The summed E-state index contributed by atoms with van der Waals surface area (Å²) in [6, 6.07) is 9.56. The van der Waals surface area contributed by atoms with E-state index in [-0.39, 0.29) is 24.4 Å². The Kier molecular flexibility index (Phi) is 3.04. The molecule has 152 valence electrons. The molecule has 5 rings (SSSR count). The second-order valence-electron chi connectivity index (χ2n) is 6.81. The molecule has 0 unspecified atom stereocenters. The van der Waals surface area contributed by atoms with Gasteiger partial charge in [-0.2, -0.15) is 0 Å². The smallest absolute Gasteiger partial charge is 0.258 e. The predicted octanol–water partition coefficient (Wildman–Crippen LogP) is 3.09. The summed E-state index contributed by atoms with van der Waals surface area (Å²) in [6.45, 7) is -6.59. The molecule has 0 aliphatic carbocycles. The molecule has 4 heterocycles. The first-order valence-corrected chi connectivity index (χ1v) is 9.21. The number of fused-ring (bicyclic) bond motifs is 3. The molecule has 0 fully saturated rings. The quantitative estimate of drug-likeness (QED) is 0.561. The van der Waals surface area contributed by atoms with E-state index in [1.54, 1.807) is 18.2 Å². The van der Waals surface area contributed by atoms with Crippen LogP contribution in [0.15, 0.2) is 59.7 Å². The van der Waals surface area contributed by atoms with Crippen molar-refractivity contribution in [2.45, 2.75) is 19.5 Å². The van der Waals surface area contributed by atoms with Gasteiger partial charge in [0.1, 0.15) is 18.1 Å². The Hall–Kier alpha value is -3.45. The molecule has 1 N–H and O–H groups in total. The Balaban J connectivity index is 1.53. The Bertz CT molecular complexity index is 1560. The largest absolute Gasteiger partial charge is 0.487 e. The highest BCUT2D eigenvalue weighted by Crippen LogP contribution is 2.29. The molecule has 0 saturated heterocycles. The molecule has 0 bridgehead atoms. The molecule has 7 heteroatoms. The second-order valence-corrected chi connectivity index (χ2v) is 6.81. The maximum Gasteiger partial charge on any atom is 0.258 e. The molecule has 1 aliphatic rings. The Morgan fingerprint density at radius 3 is 3.07 bits per heavy atom. The fourth-order valence-electron chi connectivity index (χ4n) is 3.51. The third-order valence-corrected chi connectivity index (χ3v) is 4.98. The third kappa shape index (κ3) is 3.27. The number of hydrogen-bond donors (Lipinski definition) is 1. The summed E-state index contributed by atoms with van der Waals surface area (Å²) in [7, 11) is 0. The SMILES string of the molecule is [2H]C1([2H])Cc2c(c3ccc(-n4ccc(OC([2H])([2H])c5ccc(F)cn5)cc4=O)cc3n2C([2H])([2H])[2H])CN1. The fourth-order valence-corrected chi connectivity index (χ4v) is 3.51. The lowest BCUT2D eigenvalue weighted by Gasteiger charge is -2.14. The Labute approximate surface area is 182 Å². The van der Waals surface area contributed by atoms with Crippen LogP contribution in [0.5, 0.6) is 5.75 Å². The summed E-state index contributed by atoms with van der Waals surface area (Å²) >= 11 is 0. The number of halogens is 1. The van der Waals surface area contributed by atoms with Gasteiger partial charge in [-0.15, -0.1) is 0 Å². The maximum absolute atomic E-state index is 13.1. The van der Waals surface area contributed by atoms with Gasteiger partial charge in [0, 0.05) is 56.6 Å². The third-order valence-electron chi connectivity index (χ3n) is 4.98. The van der Waals surface area contributed by atoms with Crippen molar-refractivity contribution in [1.29, 1.82) is 0 Å². The molecular weight excluding hydrogens is 383 g/mol. The van der Waals surface area contributed by atoms with Crippen LogP contribution < -0.4 is 15.6 Å². The summed E-state index contributed by atoms with van der Waals surface area (Å²) in [4.78, 5) is 16.6.